The summed E-state index contributed by atoms with van der Waals surface area (Å²) in [6.45, 7) is 4.49. The highest BCUT2D eigenvalue weighted by Gasteiger charge is 2.12. The molecule has 2 aromatic rings. The monoisotopic (exact) mass is 238 g/mol. The van der Waals surface area contributed by atoms with E-state index >= 15 is 0 Å². The molecule has 0 amide bonds. The van der Waals surface area contributed by atoms with E-state index in [0.717, 1.165) is 5.56 Å². The maximum absolute atomic E-state index is 5.66. The van der Waals surface area contributed by atoms with E-state index in [1.807, 2.05) is 26.0 Å². The molecule has 0 aliphatic carbocycles. The number of ether oxygens (including phenoxy) is 2. The van der Waals surface area contributed by atoms with Crippen LogP contribution in [0.5, 0.6) is 5.75 Å². The third-order valence-electron chi connectivity index (χ3n) is 2.16. The molecule has 5 heteroatoms. The third-order valence-corrected chi connectivity index (χ3v) is 2.16. The molecule has 94 valence electrons. The first kappa shape index (κ1) is 13.3. The molecule has 0 spiro atoms. The van der Waals surface area contributed by atoms with Gasteiger partial charge in [0.05, 0.1) is 13.7 Å². The smallest absolute Gasteiger partial charge is 0.178 e. The highest BCUT2D eigenvalue weighted by atomic mass is 16.5. The predicted octanol–water partition coefficient (Wildman–Crippen LogP) is 2.59. The molecule has 0 saturated heterocycles. The van der Waals surface area contributed by atoms with Crippen molar-refractivity contribution in [2.24, 2.45) is 0 Å². The Morgan fingerprint density at radius 1 is 1.29 bits per heavy atom. The van der Waals surface area contributed by atoms with Gasteiger partial charge in [-0.1, -0.05) is 19.0 Å². The molecule has 0 bridgehead atoms. The van der Waals surface area contributed by atoms with Crippen LogP contribution in [0.15, 0.2) is 16.7 Å². The van der Waals surface area contributed by atoms with Crippen LogP contribution >= 0.6 is 0 Å². The highest BCUT2D eigenvalue weighted by molar-refractivity contribution is 5.93. The van der Waals surface area contributed by atoms with Crippen LogP contribution in [-0.4, -0.2) is 19.4 Å². The summed E-state index contributed by atoms with van der Waals surface area (Å²) in [4.78, 5) is 0. The molecule has 17 heavy (non-hydrogen) atoms. The summed E-state index contributed by atoms with van der Waals surface area (Å²) in [7, 11) is 3.21. The fourth-order valence-corrected chi connectivity index (χ4v) is 1.52. The summed E-state index contributed by atoms with van der Waals surface area (Å²) < 4.78 is 15.3. The zero-order valence-corrected chi connectivity index (χ0v) is 10.6. The molecule has 0 aliphatic rings. The number of aromatic nitrogens is 1. The largest absolute Gasteiger partial charge is 0.496 e. The molecule has 5 nitrogen and oxygen atoms in total. The van der Waals surface area contributed by atoms with Crippen molar-refractivity contribution in [3.63, 3.8) is 0 Å². The molecule has 2 N–H and O–H groups in total. The summed E-state index contributed by atoms with van der Waals surface area (Å²) in [5.74, 6) is 0.990. The first-order chi connectivity index (χ1) is 8.26. The topological polar surface area (TPSA) is 70.5 Å². The number of methoxy groups -OCH3 is 2. The van der Waals surface area contributed by atoms with E-state index in [2.05, 4.69) is 5.16 Å². The Balaban J connectivity index is 0.000000686. The van der Waals surface area contributed by atoms with E-state index in [4.69, 9.17) is 19.7 Å². The maximum Gasteiger partial charge on any atom is 0.178 e. The number of nitrogens with two attached hydrogens (primary N) is 1. The average molecular weight is 238 g/mol. The van der Waals surface area contributed by atoms with E-state index < -0.39 is 0 Å². The number of benzene rings is 1. The summed E-state index contributed by atoms with van der Waals surface area (Å²) in [6, 6.07) is 3.70. The van der Waals surface area contributed by atoms with Gasteiger partial charge in [-0.3, -0.25) is 0 Å². The van der Waals surface area contributed by atoms with Crippen LogP contribution < -0.4 is 10.5 Å². The third kappa shape index (κ3) is 2.68. The van der Waals surface area contributed by atoms with Crippen molar-refractivity contribution in [1.82, 2.24) is 5.16 Å². The number of nitrogen functional groups attached to an aromatic ring is 1. The van der Waals surface area contributed by atoms with Crippen molar-refractivity contribution in [2.45, 2.75) is 20.5 Å². The van der Waals surface area contributed by atoms with Gasteiger partial charge in [0.2, 0.25) is 0 Å². The van der Waals surface area contributed by atoms with E-state index in [-0.39, 0.29) is 0 Å². The van der Waals surface area contributed by atoms with Gasteiger partial charge in [-0.15, -0.1) is 0 Å². The van der Waals surface area contributed by atoms with Crippen molar-refractivity contribution in [3.05, 3.63) is 17.7 Å². The van der Waals surface area contributed by atoms with Gasteiger partial charge in [0.1, 0.15) is 11.1 Å². The summed E-state index contributed by atoms with van der Waals surface area (Å²) in [6.07, 6.45) is 0. The van der Waals surface area contributed by atoms with Gasteiger partial charge in [-0.25, -0.2) is 0 Å². The molecule has 0 aliphatic heterocycles. The van der Waals surface area contributed by atoms with Crippen LogP contribution in [0.4, 0.5) is 5.82 Å². The lowest BCUT2D eigenvalue weighted by Crippen LogP contribution is -1.92. The molecule has 0 saturated carbocycles. The molecule has 0 radical (unpaired) electrons. The first-order valence-electron chi connectivity index (χ1n) is 5.47. The molecule has 0 unspecified atom stereocenters. The second kappa shape index (κ2) is 6.10. The van der Waals surface area contributed by atoms with Crippen LogP contribution in [0, 0.1) is 0 Å². The van der Waals surface area contributed by atoms with Gasteiger partial charge < -0.3 is 19.7 Å². The normalized spacial score (nSPS) is 9.88. The van der Waals surface area contributed by atoms with Gasteiger partial charge in [0.25, 0.3) is 0 Å². The predicted molar refractivity (Wildman–Crippen MR) is 67.0 cm³/mol. The quantitative estimate of drug-likeness (QED) is 0.889. The van der Waals surface area contributed by atoms with Crippen molar-refractivity contribution < 1.29 is 14.0 Å². The van der Waals surface area contributed by atoms with Gasteiger partial charge in [0.15, 0.2) is 11.4 Å². The summed E-state index contributed by atoms with van der Waals surface area (Å²) >= 11 is 0. The minimum atomic E-state index is 0.339. The molecule has 0 atom stereocenters. The number of fused-ring (bicyclic) bond motifs is 1. The molecule has 1 heterocycles. The number of rotatable bonds is 3. The number of hydrogen-bond donors (Lipinski definition) is 1. The Hall–Kier alpha value is -1.75. The fraction of sp³-hybridized carbons (Fsp3) is 0.417. The second-order valence-electron chi connectivity index (χ2n) is 3.17. The Kier molecular flexibility index (Phi) is 4.78. The minimum Gasteiger partial charge on any atom is -0.496 e. The van der Waals surface area contributed by atoms with Crippen molar-refractivity contribution in [1.29, 1.82) is 0 Å². The van der Waals surface area contributed by atoms with Crippen molar-refractivity contribution in [3.8, 4) is 5.75 Å². The molecule has 1 aromatic carbocycles. The van der Waals surface area contributed by atoms with Gasteiger partial charge in [-0.2, -0.15) is 0 Å². The standard InChI is InChI=1S/C10H12N2O3.C2H6/c1-13-5-6-3-7(14-2)9-8(4-6)15-12-10(9)11;1-2/h3-4H,5H2,1-2H3,(H2,11,12);1-2H3. The van der Waals surface area contributed by atoms with Crippen LogP contribution in [0.3, 0.4) is 0 Å². The lowest BCUT2D eigenvalue weighted by Gasteiger charge is -2.04. The lowest BCUT2D eigenvalue weighted by molar-refractivity contribution is 0.184. The van der Waals surface area contributed by atoms with Gasteiger partial charge >= 0.3 is 0 Å². The number of anilines is 1. The van der Waals surface area contributed by atoms with Gasteiger partial charge in [-0.05, 0) is 17.7 Å². The molecular formula is C12H18N2O3. The molecular weight excluding hydrogens is 220 g/mol. The highest BCUT2D eigenvalue weighted by Crippen LogP contribution is 2.31. The van der Waals surface area contributed by atoms with Crippen molar-refractivity contribution >= 4 is 16.8 Å². The molecule has 2 rings (SSSR count). The summed E-state index contributed by atoms with van der Waals surface area (Å²) in [5.41, 5.74) is 7.23. The van der Waals surface area contributed by atoms with Crippen LogP contribution in [0.1, 0.15) is 19.4 Å². The Labute approximate surface area is 100 Å². The minimum absolute atomic E-state index is 0.339. The van der Waals surface area contributed by atoms with Crippen LogP contribution in [0.25, 0.3) is 11.0 Å². The van der Waals surface area contributed by atoms with E-state index in [1.165, 1.54) is 0 Å². The first-order valence-corrected chi connectivity index (χ1v) is 5.47. The van der Waals surface area contributed by atoms with Gasteiger partial charge in [0, 0.05) is 7.11 Å². The zero-order chi connectivity index (χ0) is 12.8. The van der Waals surface area contributed by atoms with E-state index in [0.29, 0.717) is 29.1 Å². The zero-order valence-electron chi connectivity index (χ0n) is 10.6. The van der Waals surface area contributed by atoms with Crippen LogP contribution in [-0.2, 0) is 11.3 Å². The number of hydrogen-bond acceptors (Lipinski definition) is 5. The SMILES string of the molecule is CC.COCc1cc(OC)c2c(N)noc2c1. The van der Waals surface area contributed by atoms with Crippen LogP contribution in [0.2, 0.25) is 0 Å². The second-order valence-corrected chi connectivity index (χ2v) is 3.17. The fourth-order valence-electron chi connectivity index (χ4n) is 1.52. The number of nitrogens with zero attached hydrogens (tertiary/aromatic N) is 1. The maximum atomic E-state index is 5.66. The Morgan fingerprint density at radius 2 is 2.00 bits per heavy atom. The summed E-state index contributed by atoms with van der Waals surface area (Å²) in [5, 5.41) is 4.39. The Morgan fingerprint density at radius 3 is 2.59 bits per heavy atom. The lowest BCUT2D eigenvalue weighted by atomic mass is 10.1. The van der Waals surface area contributed by atoms with E-state index in [9.17, 15) is 0 Å². The Bertz CT molecular complexity index is 480. The van der Waals surface area contributed by atoms with E-state index in [1.54, 1.807) is 14.2 Å². The molecule has 0 fully saturated rings. The molecule has 1 aromatic heterocycles. The average Bonchev–Trinajstić information content (AvgIpc) is 2.73. The van der Waals surface area contributed by atoms with Crippen molar-refractivity contribution in [2.75, 3.05) is 20.0 Å².